The van der Waals surface area contributed by atoms with Crippen molar-refractivity contribution in [2.45, 2.75) is 38.8 Å². The lowest BCUT2D eigenvalue weighted by molar-refractivity contribution is 0.202. The van der Waals surface area contributed by atoms with Crippen LogP contribution in [-0.4, -0.2) is 37.3 Å². The van der Waals surface area contributed by atoms with Gasteiger partial charge in [0.25, 0.3) is 0 Å². The molecule has 0 bridgehead atoms. The molecule has 1 rings (SSSR count). The van der Waals surface area contributed by atoms with Crippen LogP contribution in [0.3, 0.4) is 0 Å². The molecule has 0 saturated carbocycles. The van der Waals surface area contributed by atoms with E-state index >= 15 is 0 Å². The van der Waals surface area contributed by atoms with Crippen LogP contribution in [0.25, 0.3) is 0 Å². The molecular weight excluding hydrogens is 162 g/mol. The van der Waals surface area contributed by atoms with Crippen molar-refractivity contribution in [1.29, 1.82) is 0 Å². The van der Waals surface area contributed by atoms with Gasteiger partial charge in [-0.25, -0.2) is 0 Å². The topological polar surface area (TPSA) is 36.1 Å². The Morgan fingerprint density at radius 2 is 1.08 bits per heavy atom. The van der Waals surface area contributed by atoms with Crippen LogP contribution in [0, 0.1) is 0 Å². The predicted octanol–water partition coefficient (Wildman–Crippen LogP) is 0.326. The first kappa shape index (κ1) is 11.0. The SMILES string of the molecule is CC1(C)NCCNCCNC1(C)C. The summed E-state index contributed by atoms with van der Waals surface area (Å²) in [7, 11) is 0. The molecule has 1 heterocycles. The van der Waals surface area contributed by atoms with E-state index in [1.807, 2.05) is 0 Å². The van der Waals surface area contributed by atoms with Crippen molar-refractivity contribution in [3.05, 3.63) is 0 Å². The van der Waals surface area contributed by atoms with Gasteiger partial charge in [0.2, 0.25) is 0 Å². The molecule has 0 aromatic rings. The van der Waals surface area contributed by atoms with Gasteiger partial charge in [-0.2, -0.15) is 0 Å². The second-order valence-electron chi connectivity index (χ2n) is 4.85. The summed E-state index contributed by atoms with van der Waals surface area (Å²) < 4.78 is 0. The van der Waals surface area contributed by atoms with E-state index in [-0.39, 0.29) is 11.1 Å². The maximum atomic E-state index is 3.57. The van der Waals surface area contributed by atoms with Crippen LogP contribution in [0.15, 0.2) is 0 Å². The van der Waals surface area contributed by atoms with E-state index in [1.165, 1.54) is 0 Å². The van der Waals surface area contributed by atoms with Crippen molar-refractivity contribution < 1.29 is 0 Å². The van der Waals surface area contributed by atoms with E-state index in [2.05, 4.69) is 43.6 Å². The maximum absolute atomic E-state index is 3.57. The number of hydrogen-bond donors (Lipinski definition) is 3. The molecule has 13 heavy (non-hydrogen) atoms. The molecule has 3 heteroatoms. The Bertz CT molecular complexity index is 146. The minimum Gasteiger partial charge on any atom is -0.314 e. The lowest BCUT2D eigenvalue weighted by Crippen LogP contribution is -2.63. The van der Waals surface area contributed by atoms with Gasteiger partial charge < -0.3 is 16.0 Å². The van der Waals surface area contributed by atoms with Gasteiger partial charge in [0, 0.05) is 37.3 Å². The maximum Gasteiger partial charge on any atom is 0.0302 e. The van der Waals surface area contributed by atoms with Gasteiger partial charge >= 0.3 is 0 Å². The van der Waals surface area contributed by atoms with E-state index in [1.54, 1.807) is 0 Å². The summed E-state index contributed by atoms with van der Waals surface area (Å²) >= 11 is 0. The first-order valence-electron chi connectivity index (χ1n) is 5.16. The van der Waals surface area contributed by atoms with Gasteiger partial charge in [-0.1, -0.05) is 0 Å². The molecule has 0 aromatic heterocycles. The molecule has 0 atom stereocenters. The van der Waals surface area contributed by atoms with Crippen LogP contribution in [0.4, 0.5) is 0 Å². The Hall–Kier alpha value is -0.120. The van der Waals surface area contributed by atoms with E-state index in [0.717, 1.165) is 26.2 Å². The molecule has 0 unspecified atom stereocenters. The van der Waals surface area contributed by atoms with Crippen LogP contribution >= 0.6 is 0 Å². The minimum absolute atomic E-state index is 0.138. The fourth-order valence-corrected chi connectivity index (χ4v) is 1.49. The highest BCUT2D eigenvalue weighted by Gasteiger charge is 2.35. The summed E-state index contributed by atoms with van der Waals surface area (Å²) in [5.74, 6) is 0. The highest BCUT2D eigenvalue weighted by molar-refractivity contribution is 5.00. The fraction of sp³-hybridized carbons (Fsp3) is 1.00. The molecular formula is C10H23N3. The van der Waals surface area contributed by atoms with Gasteiger partial charge in [0.15, 0.2) is 0 Å². The molecule has 0 amide bonds. The van der Waals surface area contributed by atoms with Gasteiger partial charge in [-0.05, 0) is 27.7 Å². The highest BCUT2D eigenvalue weighted by atomic mass is 15.1. The van der Waals surface area contributed by atoms with Crippen molar-refractivity contribution in [2.24, 2.45) is 0 Å². The zero-order valence-corrected chi connectivity index (χ0v) is 9.33. The molecule has 0 aliphatic carbocycles. The highest BCUT2D eigenvalue weighted by Crippen LogP contribution is 2.20. The molecule has 1 fully saturated rings. The van der Waals surface area contributed by atoms with Crippen LogP contribution in [0.2, 0.25) is 0 Å². The van der Waals surface area contributed by atoms with Crippen molar-refractivity contribution in [3.63, 3.8) is 0 Å². The first-order chi connectivity index (χ1) is 5.96. The molecule has 3 N–H and O–H groups in total. The largest absolute Gasteiger partial charge is 0.314 e. The van der Waals surface area contributed by atoms with Crippen molar-refractivity contribution in [1.82, 2.24) is 16.0 Å². The van der Waals surface area contributed by atoms with Gasteiger partial charge in [0.1, 0.15) is 0 Å². The normalized spacial score (nSPS) is 28.6. The zero-order valence-electron chi connectivity index (χ0n) is 9.33. The van der Waals surface area contributed by atoms with E-state index < -0.39 is 0 Å². The number of hydrogen-bond acceptors (Lipinski definition) is 3. The Labute approximate surface area is 81.7 Å². The standard InChI is InChI=1S/C10H23N3/c1-9(2)10(3,4)13-8-6-11-5-7-12-9/h11-13H,5-8H2,1-4H3. The summed E-state index contributed by atoms with van der Waals surface area (Å²) in [4.78, 5) is 0. The first-order valence-corrected chi connectivity index (χ1v) is 5.16. The minimum atomic E-state index is 0.138. The quantitative estimate of drug-likeness (QED) is 0.509. The average molecular weight is 185 g/mol. The molecule has 1 aliphatic rings. The van der Waals surface area contributed by atoms with Gasteiger partial charge in [0.05, 0.1) is 0 Å². The molecule has 1 saturated heterocycles. The van der Waals surface area contributed by atoms with Crippen LogP contribution in [0.5, 0.6) is 0 Å². The number of rotatable bonds is 0. The number of nitrogens with one attached hydrogen (secondary N) is 3. The smallest absolute Gasteiger partial charge is 0.0302 e. The van der Waals surface area contributed by atoms with Crippen molar-refractivity contribution in [3.8, 4) is 0 Å². The third kappa shape index (κ3) is 2.66. The second-order valence-corrected chi connectivity index (χ2v) is 4.85. The van der Waals surface area contributed by atoms with Crippen LogP contribution < -0.4 is 16.0 Å². The van der Waals surface area contributed by atoms with Gasteiger partial charge in [-0.3, -0.25) is 0 Å². The van der Waals surface area contributed by atoms with E-state index in [0.29, 0.717) is 0 Å². The van der Waals surface area contributed by atoms with Crippen LogP contribution in [0.1, 0.15) is 27.7 Å². The Kier molecular flexibility index (Phi) is 3.33. The fourth-order valence-electron chi connectivity index (χ4n) is 1.49. The third-order valence-electron chi connectivity index (χ3n) is 3.30. The average Bonchev–Trinajstić information content (AvgIpc) is 2.05. The van der Waals surface area contributed by atoms with E-state index in [4.69, 9.17) is 0 Å². The zero-order chi connectivity index (χ0) is 9.95. The van der Waals surface area contributed by atoms with E-state index in [9.17, 15) is 0 Å². The van der Waals surface area contributed by atoms with Crippen molar-refractivity contribution in [2.75, 3.05) is 26.2 Å². The second kappa shape index (κ2) is 3.95. The summed E-state index contributed by atoms with van der Waals surface area (Å²) in [5.41, 5.74) is 0.276. The third-order valence-corrected chi connectivity index (χ3v) is 3.30. The summed E-state index contributed by atoms with van der Waals surface area (Å²) in [6.45, 7) is 13.2. The molecule has 3 nitrogen and oxygen atoms in total. The Morgan fingerprint density at radius 3 is 1.46 bits per heavy atom. The summed E-state index contributed by atoms with van der Waals surface area (Å²) in [6, 6.07) is 0. The lowest BCUT2D eigenvalue weighted by Gasteiger charge is -2.42. The van der Waals surface area contributed by atoms with Crippen LogP contribution in [-0.2, 0) is 0 Å². The molecule has 0 radical (unpaired) electrons. The molecule has 0 aromatic carbocycles. The Balaban J connectivity index is 2.66. The summed E-state index contributed by atoms with van der Waals surface area (Å²) in [5, 5.41) is 10.5. The van der Waals surface area contributed by atoms with Gasteiger partial charge in [-0.15, -0.1) is 0 Å². The summed E-state index contributed by atoms with van der Waals surface area (Å²) in [6.07, 6.45) is 0. The molecule has 78 valence electrons. The van der Waals surface area contributed by atoms with Crippen molar-refractivity contribution >= 4 is 0 Å². The monoisotopic (exact) mass is 185 g/mol. The lowest BCUT2D eigenvalue weighted by atomic mass is 9.82. The molecule has 0 spiro atoms. The molecule has 1 aliphatic heterocycles. The predicted molar refractivity (Wildman–Crippen MR) is 57.0 cm³/mol. The Morgan fingerprint density at radius 1 is 0.692 bits per heavy atom.